The number of hydrogen-bond acceptors (Lipinski definition) is 5. The number of rotatable bonds is 64. The third kappa shape index (κ3) is 65.2. The van der Waals surface area contributed by atoms with Crippen LogP contribution in [0.1, 0.15) is 322 Å². The van der Waals surface area contributed by atoms with E-state index in [2.05, 4.69) is 92.1 Å². The number of unbranched alkanes of at least 4 members (excludes halogenated alkanes) is 39. The SMILES string of the molecule is CC/C=C\C/C=C\C/C=C\C/C=C\CCCCCCCCCCCCCCCCCCCCCCCCCCCCC(=O)NC(COP(=O)(O)OCC[N+](C)(C)C)C(O)/C=C/CC/C=C/CC/C=C/CCCCCCCCCCCCC. The normalized spacial score (nSPS) is 14.2. The van der Waals surface area contributed by atoms with Crippen LogP contribution in [0.25, 0.3) is 0 Å². The topological polar surface area (TPSA) is 105 Å². The van der Waals surface area contributed by atoms with Gasteiger partial charge < -0.3 is 19.8 Å². The van der Waals surface area contributed by atoms with E-state index in [0.29, 0.717) is 17.4 Å². The number of nitrogens with zero attached hydrogens (tertiary/aromatic N) is 1. The van der Waals surface area contributed by atoms with Gasteiger partial charge in [-0.1, -0.05) is 317 Å². The lowest BCUT2D eigenvalue weighted by Crippen LogP contribution is -2.45. The van der Waals surface area contributed by atoms with E-state index in [0.717, 1.165) is 70.6 Å². The van der Waals surface area contributed by atoms with Gasteiger partial charge in [0.2, 0.25) is 5.91 Å². The Balaban J connectivity index is 4.00. The van der Waals surface area contributed by atoms with E-state index < -0.39 is 20.0 Å². The fraction of sp³-hybridized carbons (Fsp3) is 0.795. The first-order valence-electron chi connectivity index (χ1n) is 35.0. The summed E-state index contributed by atoms with van der Waals surface area (Å²) in [4.78, 5) is 23.4. The van der Waals surface area contributed by atoms with Crippen LogP contribution in [0.4, 0.5) is 0 Å². The van der Waals surface area contributed by atoms with E-state index in [1.807, 2.05) is 27.2 Å². The third-order valence-corrected chi connectivity index (χ3v) is 16.6. The minimum Gasteiger partial charge on any atom is -0.387 e. The predicted molar refractivity (Wildman–Crippen MR) is 360 cm³/mol. The molecule has 1 amide bonds. The van der Waals surface area contributed by atoms with Gasteiger partial charge in [0, 0.05) is 6.42 Å². The maximum absolute atomic E-state index is 13.0. The van der Waals surface area contributed by atoms with Crippen molar-refractivity contribution in [1.29, 1.82) is 0 Å². The van der Waals surface area contributed by atoms with Crippen molar-refractivity contribution in [3.05, 3.63) is 85.1 Å². The van der Waals surface area contributed by atoms with Crippen molar-refractivity contribution in [1.82, 2.24) is 5.32 Å². The molecular formula is C73H136N2O6P+. The standard InChI is InChI=1S/C73H135N2O6P/c1-6-8-10-12-14-16-18-20-22-24-26-28-29-30-31-32-33-34-35-36-37-38-39-40-41-42-43-44-45-47-49-51-53-55-57-59-61-63-65-67-73(77)74-71(70-81-82(78,79)80-69-68-75(3,4)5)72(76)66-64-62-60-58-56-54-52-50-48-46-27-25-23-21-19-17-15-13-11-9-7-2/h8,10,14,16,20,22,26,28,48,50,56,58,64,66,71-72,76H,6-7,9,11-13,15,17-19,21,23-25,27,29-47,49,51-55,57,59-63,65,67-70H2,1-5H3,(H-,74,77,78,79)/p+1/b10-8-,16-14-,22-20-,28-26-,50-48+,58-56+,66-64+. The lowest BCUT2D eigenvalue weighted by molar-refractivity contribution is -0.870. The zero-order chi connectivity index (χ0) is 59.8. The Hall–Kier alpha value is -2.32. The summed E-state index contributed by atoms with van der Waals surface area (Å²) in [6.45, 7) is 4.70. The van der Waals surface area contributed by atoms with Gasteiger partial charge in [0.25, 0.3) is 0 Å². The summed E-state index contributed by atoms with van der Waals surface area (Å²) in [5.74, 6) is -0.187. The van der Waals surface area contributed by atoms with E-state index in [1.165, 1.54) is 231 Å². The fourth-order valence-corrected chi connectivity index (χ4v) is 10.9. The summed E-state index contributed by atoms with van der Waals surface area (Å²) in [5.41, 5.74) is 0. The lowest BCUT2D eigenvalue weighted by atomic mass is 10.0. The first-order chi connectivity index (χ1) is 40.0. The number of hydrogen-bond donors (Lipinski definition) is 3. The highest BCUT2D eigenvalue weighted by molar-refractivity contribution is 7.47. The molecule has 0 saturated heterocycles. The molecule has 3 N–H and O–H groups in total. The van der Waals surface area contributed by atoms with Crippen LogP contribution in [0, 0.1) is 0 Å². The van der Waals surface area contributed by atoms with Crippen LogP contribution < -0.4 is 5.32 Å². The van der Waals surface area contributed by atoms with Crippen LogP contribution in [-0.2, 0) is 18.4 Å². The summed E-state index contributed by atoms with van der Waals surface area (Å²) >= 11 is 0. The number of amides is 1. The second kappa shape index (κ2) is 63.2. The van der Waals surface area contributed by atoms with Gasteiger partial charge in [0.05, 0.1) is 39.9 Å². The summed E-state index contributed by atoms with van der Waals surface area (Å²) in [5, 5.41) is 14.0. The molecule has 0 aliphatic heterocycles. The fourth-order valence-electron chi connectivity index (χ4n) is 10.2. The first-order valence-corrected chi connectivity index (χ1v) is 36.5. The van der Waals surface area contributed by atoms with Crippen LogP contribution >= 0.6 is 7.82 Å². The third-order valence-electron chi connectivity index (χ3n) is 15.6. The van der Waals surface area contributed by atoms with Gasteiger partial charge in [-0.3, -0.25) is 13.8 Å². The number of carbonyl (C=O) groups excluding carboxylic acids is 1. The van der Waals surface area contributed by atoms with E-state index in [1.54, 1.807) is 6.08 Å². The van der Waals surface area contributed by atoms with Gasteiger partial charge >= 0.3 is 7.82 Å². The van der Waals surface area contributed by atoms with Crippen LogP contribution in [0.3, 0.4) is 0 Å². The van der Waals surface area contributed by atoms with Gasteiger partial charge in [-0.25, -0.2) is 4.57 Å². The molecule has 0 aliphatic rings. The molecule has 0 radical (unpaired) electrons. The number of phosphoric ester groups is 1. The van der Waals surface area contributed by atoms with Crippen molar-refractivity contribution in [3.63, 3.8) is 0 Å². The van der Waals surface area contributed by atoms with Gasteiger partial charge in [-0.05, 0) is 83.5 Å². The first kappa shape index (κ1) is 79.7. The van der Waals surface area contributed by atoms with Crippen molar-refractivity contribution < 1.29 is 32.9 Å². The van der Waals surface area contributed by atoms with Crippen LogP contribution in [0.15, 0.2) is 85.1 Å². The Morgan fingerprint density at radius 3 is 1.12 bits per heavy atom. The number of quaternary nitrogens is 1. The largest absolute Gasteiger partial charge is 0.472 e. The Morgan fingerprint density at radius 1 is 0.427 bits per heavy atom. The molecule has 0 aromatic heterocycles. The van der Waals surface area contributed by atoms with Crippen molar-refractivity contribution >= 4 is 13.7 Å². The number of phosphoric acid groups is 1. The Kier molecular flexibility index (Phi) is 61.4. The van der Waals surface area contributed by atoms with Gasteiger partial charge in [-0.15, -0.1) is 0 Å². The minimum atomic E-state index is -4.37. The number of allylic oxidation sites excluding steroid dienone is 13. The minimum absolute atomic E-state index is 0.0530. The molecule has 82 heavy (non-hydrogen) atoms. The van der Waals surface area contributed by atoms with E-state index in [9.17, 15) is 19.4 Å². The maximum Gasteiger partial charge on any atom is 0.472 e. The zero-order valence-electron chi connectivity index (χ0n) is 54.7. The Morgan fingerprint density at radius 2 is 0.744 bits per heavy atom. The summed E-state index contributed by atoms with van der Waals surface area (Å²) in [6.07, 6.45) is 90.3. The molecule has 0 bridgehead atoms. The molecule has 9 heteroatoms. The molecule has 0 aromatic rings. The van der Waals surface area contributed by atoms with Crippen molar-refractivity contribution in [3.8, 4) is 0 Å². The molecule has 0 rings (SSSR count). The van der Waals surface area contributed by atoms with Crippen molar-refractivity contribution in [2.75, 3.05) is 40.9 Å². The van der Waals surface area contributed by atoms with E-state index in [4.69, 9.17) is 9.05 Å². The average molecular weight is 1170 g/mol. The van der Waals surface area contributed by atoms with E-state index >= 15 is 0 Å². The zero-order valence-corrected chi connectivity index (χ0v) is 55.6. The molecule has 3 unspecified atom stereocenters. The molecule has 0 saturated carbocycles. The lowest BCUT2D eigenvalue weighted by Gasteiger charge is -2.25. The van der Waals surface area contributed by atoms with Crippen LogP contribution in [0.5, 0.6) is 0 Å². The smallest absolute Gasteiger partial charge is 0.387 e. The quantitative estimate of drug-likeness (QED) is 0.0243. The summed E-state index contributed by atoms with van der Waals surface area (Å²) < 4.78 is 23.8. The molecule has 3 atom stereocenters. The Labute approximate surface area is 509 Å². The monoisotopic (exact) mass is 1170 g/mol. The summed E-state index contributed by atoms with van der Waals surface area (Å²) in [7, 11) is 1.55. The molecule has 0 fully saturated rings. The number of nitrogens with one attached hydrogen (secondary N) is 1. The highest BCUT2D eigenvalue weighted by atomic mass is 31.2. The molecule has 0 spiro atoms. The average Bonchev–Trinajstić information content (AvgIpc) is 3.46. The maximum atomic E-state index is 13.0. The molecule has 0 aromatic carbocycles. The molecular weight excluding hydrogens is 1030 g/mol. The number of carbonyl (C=O) groups is 1. The highest BCUT2D eigenvalue weighted by Crippen LogP contribution is 2.43. The Bertz CT molecular complexity index is 1610. The second-order valence-corrected chi connectivity index (χ2v) is 26.3. The molecule has 0 aliphatic carbocycles. The predicted octanol–water partition coefficient (Wildman–Crippen LogP) is 22.3. The number of likely N-dealkylation sites (N-methyl/N-ethyl adjacent to an activating group) is 1. The number of aliphatic hydroxyl groups excluding tert-OH is 1. The van der Waals surface area contributed by atoms with Crippen LogP contribution in [-0.4, -0.2) is 73.4 Å². The van der Waals surface area contributed by atoms with Crippen molar-refractivity contribution in [2.24, 2.45) is 0 Å². The van der Waals surface area contributed by atoms with E-state index in [-0.39, 0.29) is 19.1 Å². The second-order valence-electron chi connectivity index (χ2n) is 24.9. The van der Waals surface area contributed by atoms with Gasteiger partial charge in [-0.2, -0.15) is 0 Å². The van der Waals surface area contributed by atoms with Crippen molar-refractivity contribution in [2.45, 2.75) is 334 Å². The number of aliphatic hydroxyl groups is 1. The van der Waals surface area contributed by atoms with Gasteiger partial charge in [0.15, 0.2) is 0 Å². The molecule has 0 heterocycles. The molecule has 478 valence electrons. The van der Waals surface area contributed by atoms with Crippen LogP contribution in [0.2, 0.25) is 0 Å². The van der Waals surface area contributed by atoms with Gasteiger partial charge in [0.1, 0.15) is 13.2 Å². The highest BCUT2D eigenvalue weighted by Gasteiger charge is 2.28. The molecule has 8 nitrogen and oxygen atoms in total. The summed E-state index contributed by atoms with van der Waals surface area (Å²) in [6, 6.07) is -0.872.